The molecule has 10 heteroatoms. The highest BCUT2D eigenvalue weighted by atomic mass is 35.5. The number of amides is 1. The van der Waals surface area contributed by atoms with Crippen LogP contribution in [0.2, 0.25) is 5.02 Å². The number of nitrogens with zero attached hydrogens (tertiary/aromatic N) is 1. The summed E-state index contributed by atoms with van der Waals surface area (Å²) in [6.07, 6.45) is 4.96. The predicted molar refractivity (Wildman–Crippen MR) is 173 cm³/mol. The molecule has 0 spiro atoms. The minimum absolute atomic E-state index is 0.0765. The van der Waals surface area contributed by atoms with Gasteiger partial charge in [0.2, 0.25) is 0 Å². The maximum Gasteiger partial charge on any atom is 0.407 e. The number of hydrogen-bond donors (Lipinski definition) is 1. The van der Waals surface area contributed by atoms with E-state index in [0.29, 0.717) is 38.0 Å². The fourth-order valence-corrected chi connectivity index (χ4v) is 6.08. The Bertz CT molecular complexity index is 1420. The van der Waals surface area contributed by atoms with Crippen molar-refractivity contribution < 1.29 is 28.5 Å². The molecule has 2 aliphatic rings. The van der Waals surface area contributed by atoms with E-state index in [1.807, 2.05) is 69.6 Å². The van der Waals surface area contributed by atoms with E-state index < -0.39 is 17.3 Å². The zero-order valence-corrected chi connectivity index (χ0v) is 27.3. The van der Waals surface area contributed by atoms with Crippen molar-refractivity contribution in [3.8, 4) is 16.9 Å². The lowest BCUT2D eigenvalue weighted by Crippen LogP contribution is -2.38. The molecule has 1 amide bonds. The second-order valence-corrected chi connectivity index (χ2v) is 13.6. The molecule has 1 aliphatic carbocycles. The van der Waals surface area contributed by atoms with Crippen molar-refractivity contribution in [2.75, 3.05) is 38.7 Å². The van der Waals surface area contributed by atoms with E-state index in [1.54, 1.807) is 11.8 Å². The number of benzene rings is 2. The second kappa shape index (κ2) is 14.5. The normalized spacial score (nSPS) is 16.6. The van der Waals surface area contributed by atoms with Gasteiger partial charge in [-0.1, -0.05) is 29.8 Å². The van der Waals surface area contributed by atoms with Crippen LogP contribution in [0.15, 0.2) is 65.8 Å². The number of pyridine rings is 1. The van der Waals surface area contributed by atoms with Gasteiger partial charge >= 0.3 is 6.09 Å². The van der Waals surface area contributed by atoms with Gasteiger partial charge in [0.15, 0.2) is 0 Å². The van der Waals surface area contributed by atoms with Crippen molar-refractivity contribution in [2.45, 2.75) is 68.8 Å². The summed E-state index contributed by atoms with van der Waals surface area (Å²) in [5.41, 5.74) is 3.15. The van der Waals surface area contributed by atoms with E-state index in [4.69, 9.17) is 35.3 Å². The number of ether oxygens (including phenoxy) is 5. The smallest absolute Gasteiger partial charge is 0.407 e. The fourth-order valence-electron chi connectivity index (χ4n) is 5.00. The number of para-hydroxylation sites is 1. The average Bonchev–Trinajstić information content (AvgIpc) is 3.74. The first-order valence-corrected chi connectivity index (χ1v) is 16.4. The molecular formula is C34H41ClN2O6S. The van der Waals surface area contributed by atoms with E-state index in [-0.39, 0.29) is 12.2 Å². The number of rotatable bonds is 14. The molecule has 1 atom stereocenters. The SMILES string of the molecule is CC(OC1(c2cnccc2-c2ccccc2OC2COC2)CC1)c1cc(SCCOCCNC(=O)OC(C)(C)C)ccc1Cl. The number of hydrogen-bond acceptors (Lipinski definition) is 8. The quantitative estimate of drug-likeness (QED) is 0.143. The summed E-state index contributed by atoms with van der Waals surface area (Å²) in [5.74, 6) is 1.60. The highest BCUT2D eigenvalue weighted by Gasteiger charge is 2.49. The van der Waals surface area contributed by atoms with Crippen LogP contribution >= 0.6 is 23.4 Å². The Morgan fingerprint density at radius 3 is 2.66 bits per heavy atom. The molecule has 0 radical (unpaired) electrons. The third-order valence-corrected chi connectivity index (χ3v) is 8.62. The van der Waals surface area contributed by atoms with Crippen LogP contribution in [0, 0.1) is 0 Å². The summed E-state index contributed by atoms with van der Waals surface area (Å²) in [6.45, 7) is 10.1. The topological polar surface area (TPSA) is 88.1 Å². The van der Waals surface area contributed by atoms with Crippen molar-refractivity contribution in [2.24, 2.45) is 0 Å². The molecule has 236 valence electrons. The van der Waals surface area contributed by atoms with Crippen LogP contribution in [-0.2, 0) is 24.5 Å². The van der Waals surface area contributed by atoms with Gasteiger partial charge in [0.25, 0.3) is 0 Å². The molecule has 5 rings (SSSR count). The van der Waals surface area contributed by atoms with Gasteiger partial charge in [-0.15, -0.1) is 11.8 Å². The van der Waals surface area contributed by atoms with Crippen LogP contribution in [-0.4, -0.2) is 61.5 Å². The number of halogens is 1. The minimum Gasteiger partial charge on any atom is -0.485 e. The van der Waals surface area contributed by atoms with Gasteiger partial charge in [0.1, 0.15) is 17.5 Å². The van der Waals surface area contributed by atoms with Gasteiger partial charge < -0.3 is 29.0 Å². The third kappa shape index (κ3) is 8.67. The van der Waals surface area contributed by atoms with Crippen molar-refractivity contribution in [3.05, 3.63) is 77.1 Å². The first-order chi connectivity index (χ1) is 21.1. The Morgan fingerprint density at radius 1 is 1.14 bits per heavy atom. The summed E-state index contributed by atoms with van der Waals surface area (Å²) >= 11 is 8.38. The largest absolute Gasteiger partial charge is 0.485 e. The molecule has 2 fully saturated rings. The van der Waals surface area contributed by atoms with Crippen molar-refractivity contribution in [3.63, 3.8) is 0 Å². The lowest BCUT2D eigenvalue weighted by molar-refractivity contribution is -0.0794. The average molecular weight is 641 g/mol. The predicted octanol–water partition coefficient (Wildman–Crippen LogP) is 7.58. The zero-order chi connectivity index (χ0) is 31.2. The molecule has 44 heavy (non-hydrogen) atoms. The lowest BCUT2D eigenvalue weighted by atomic mass is 9.95. The summed E-state index contributed by atoms with van der Waals surface area (Å²) in [4.78, 5) is 17.3. The third-order valence-electron chi connectivity index (χ3n) is 7.31. The summed E-state index contributed by atoms with van der Waals surface area (Å²) in [7, 11) is 0. The van der Waals surface area contributed by atoms with Crippen LogP contribution in [0.25, 0.3) is 11.1 Å². The standard InChI is InChI=1S/C34H41ClN2O6S/c1-23(28-19-25(9-10-30(28)35)44-18-17-39-16-15-37-32(38)43-33(2,3)4)42-34(12-13-34)29-20-36-14-11-26(29)27-7-5-6-8-31(27)41-24-21-40-22-24/h5-11,14,19-20,23-24H,12-13,15-18,21-22H2,1-4H3,(H,37,38). The van der Waals surface area contributed by atoms with E-state index in [9.17, 15) is 4.79 Å². The fraction of sp³-hybridized carbons (Fsp3) is 0.471. The van der Waals surface area contributed by atoms with Crippen LogP contribution in [0.4, 0.5) is 4.79 Å². The van der Waals surface area contributed by atoms with E-state index >= 15 is 0 Å². The van der Waals surface area contributed by atoms with Crippen molar-refractivity contribution >= 4 is 29.5 Å². The highest BCUT2D eigenvalue weighted by Crippen LogP contribution is 2.55. The molecule has 2 aromatic carbocycles. The molecule has 1 saturated carbocycles. The Morgan fingerprint density at radius 2 is 1.93 bits per heavy atom. The maximum atomic E-state index is 11.7. The molecule has 1 aromatic heterocycles. The van der Waals surface area contributed by atoms with Gasteiger partial charge in [0, 0.05) is 51.3 Å². The van der Waals surface area contributed by atoms with E-state index in [1.165, 1.54) is 0 Å². The molecule has 0 bridgehead atoms. The number of nitrogens with one attached hydrogen (secondary N) is 1. The molecule has 1 unspecified atom stereocenters. The van der Waals surface area contributed by atoms with Gasteiger partial charge in [-0.05, 0) is 76.4 Å². The van der Waals surface area contributed by atoms with Crippen LogP contribution < -0.4 is 10.1 Å². The summed E-state index contributed by atoms with van der Waals surface area (Å²) in [5, 5.41) is 3.38. The number of aromatic nitrogens is 1. The lowest BCUT2D eigenvalue weighted by Gasteiger charge is -2.29. The number of alkyl carbamates (subject to hydrolysis) is 1. The van der Waals surface area contributed by atoms with Gasteiger partial charge in [-0.2, -0.15) is 0 Å². The molecule has 1 N–H and O–H groups in total. The molecule has 2 heterocycles. The number of carbonyl (C=O) groups excluding carboxylic acids is 1. The van der Waals surface area contributed by atoms with E-state index in [0.717, 1.165) is 51.5 Å². The Kier molecular flexibility index (Phi) is 10.7. The van der Waals surface area contributed by atoms with Crippen LogP contribution in [0.1, 0.15) is 57.8 Å². The Hall–Kier alpha value is -2.82. The summed E-state index contributed by atoms with van der Waals surface area (Å²) in [6, 6.07) is 16.2. The Labute approximate surface area is 269 Å². The zero-order valence-electron chi connectivity index (χ0n) is 25.8. The molecule has 1 aliphatic heterocycles. The molecule has 8 nitrogen and oxygen atoms in total. The first kappa shape index (κ1) is 32.6. The second-order valence-electron chi connectivity index (χ2n) is 12.0. The Balaban J connectivity index is 1.18. The van der Waals surface area contributed by atoms with Gasteiger partial charge in [0.05, 0.1) is 38.1 Å². The number of thioether (sulfide) groups is 1. The van der Waals surface area contributed by atoms with Crippen LogP contribution in [0.3, 0.4) is 0 Å². The molecule has 3 aromatic rings. The monoisotopic (exact) mass is 640 g/mol. The van der Waals surface area contributed by atoms with Crippen LogP contribution in [0.5, 0.6) is 5.75 Å². The van der Waals surface area contributed by atoms with Crippen molar-refractivity contribution in [1.29, 1.82) is 0 Å². The summed E-state index contributed by atoms with van der Waals surface area (Å²) < 4.78 is 29.3. The molecule has 1 saturated heterocycles. The van der Waals surface area contributed by atoms with Gasteiger partial charge in [-0.3, -0.25) is 4.98 Å². The maximum absolute atomic E-state index is 11.7. The first-order valence-electron chi connectivity index (χ1n) is 15.1. The number of carbonyl (C=O) groups is 1. The van der Waals surface area contributed by atoms with Crippen molar-refractivity contribution in [1.82, 2.24) is 10.3 Å². The van der Waals surface area contributed by atoms with E-state index in [2.05, 4.69) is 29.4 Å². The van der Waals surface area contributed by atoms with Gasteiger partial charge in [-0.25, -0.2) is 4.79 Å². The molecular weight excluding hydrogens is 600 g/mol. The highest BCUT2D eigenvalue weighted by molar-refractivity contribution is 7.99. The minimum atomic E-state index is -0.519.